The minimum Gasteiger partial charge on any atom is -0.475 e. The number of piperazine rings is 1. The number of carbonyl (C=O) groups is 2. The molecule has 2 saturated heterocycles. The van der Waals surface area contributed by atoms with Crippen LogP contribution in [0.2, 0.25) is 0 Å². The Balaban J connectivity index is 0.000000318. The molecule has 4 heterocycles. The molecule has 0 radical (unpaired) electrons. The number of pyridine rings is 1. The van der Waals surface area contributed by atoms with Crippen molar-refractivity contribution in [1.82, 2.24) is 14.4 Å². The number of alkyl halides is 3. The van der Waals surface area contributed by atoms with E-state index in [0.717, 1.165) is 43.9 Å². The minimum atomic E-state index is -5.08. The molecule has 0 atom stereocenters. The Morgan fingerprint density at radius 3 is 2.23 bits per heavy atom. The Morgan fingerprint density at radius 2 is 1.67 bits per heavy atom. The topological polar surface area (TPSA) is 77.7 Å². The highest BCUT2D eigenvalue weighted by Crippen LogP contribution is 2.22. The number of nitrogens with zero attached hydrogens (tertiary/aromatic N) is 4. The summed E-state index contributed by atoms with van der Waals surface area (Å²) in [6, 6.07) is 8.13. The number of hydroxylamine groups is 2. The van der Waals surface area contributed by atoms with Gasteiger partial charge < -0.3 is 19.3 Å². The molecule has 4 rings (SSSR count). The van der Waals surface area contributed by atoms with Gasteiger partial charge >= 0.3 is 12.1 Å². The fourth-order valence-electron chi connectivity index (χ4n) is 3.26. The van der Waals surface area contributed by atoms with E-state index in [2.05, 4.69) is 33.4 Å². The number of anilines is 1. The van der Waals surface area contributed by atoms with Crippen LogP contribution in [0.15, 0.2) is 30.5 Å². The SMILES string of the molecule is CN1CCN(c2ccc3ccc(C(=O)N4CCCO4)cn23)CC1.O=C(O)C(F)(F)F. The number of hydrogen-bond acceptors (Lipinski definition) is 5. The van der Waals surface area contributed by atoms with Gasteiger partial charge in [-0.25, -0.2) is 9.86 Å². The van der Waals surface area contributed by atoms with Crippen molar-refractivity contribution in [2.24, 2.45) is 0 Å². The van der Waals surface area contributed by atoms with E-state index in [1.165, 1.54) is 5.06 Å². The van der Waals surface area contributed by atoms with Crippen molar-refractivity contribution >= 4 is 23.2 Å². The molecule has 164 valence electrons. The van der Waals surface area contributed by atoms with E-state index in [9.17, 15) is 18.0 Å². The largest absolute Gasteiger partial charge is 0.490 e. The number of carbonyl (C=O) groups excluding carboxylic acids is 1. The van der Waals surface area contributed by atoms with Crippen LogP contribution in [-0.2, 0) is 9.63 Å². The molecule has 1 amide bonds. The highest BCUT2D eigenvalue weighted by Gasteiger charge is 2.38. The molecule has 1 N–H and O–H groups in total. The Bertz CT molecular complexity index is 901. The highest BCUT2D eigenvalue weighted by atomic mass is 19.4. The number of aromatic nitrogens is 1. The summed E-state index contributed by atoms with van der Waals surface area (Å²) in [4.78, 5) is 31.5. The van der Waals surface area contributed by atoms with Crippen molar-refractivity contribution in [1.29, 1.82) is 0 Å². The molecule has 8 nitrogen and oxygen atoms in total. The lowest BCUT2D eigenvalue weighted by Gasteiger charge is -2.33. The van der Waals surface area contributed by atoms with E-state index in [-0.39, 0.29) is 5.91 Å². The summed E-state index contributed by atoms with van der Waals surface area (Å²) in [5.74, 6) is -1.65. The molecular formula is C19H23F3N4O4. The van der Waals surface area contributed by atoms with Gasteiger partial charge in [0.05, 0.1) is 18.7 Å². The van der Waals surface area contributed by atoms with Crippen LogP contribution in [0.1, 0.15) is 16.8 Å². The van der Waals surface area contributed by atoms with Crippen LogP contribution in [0.4, 0.5) is 19.0 Å². The third kappa shape index (κ3) is 5.03. The summed E-state index contributed by atoms with van der Waals surface area (Å²) in [5.41, 5.74) is 1.78. The molecular weight excluding hydrogens is 405 g/mol. The van der Waals surface area contributed by atoms with E-state index in [4.69, 9.17) is 14.7 Å². The highest BCUT2D eigenvalue weighted by molar-refractivity contribution is 5.94. The van der Waals surface area contributed by atoms with E-state index < -0.39 is 12.1 Å². The molecule has 0 aliphatic carbocycles. The number of fused-ring (bicyclic) bond motifs is 1. The molecule has 2 aliphatic rings. The lowest BCUT2D eigenvalue weighted by molar-refractivity contribution is -0.192. The van der Waals surface area contributed by atoms with Gasteiger partial charge in [-0.1, -0.05) is 0 Å². The minimum absolute atomic E-state index is 0.0533. The molecule has 0 unspecified atom stereocenters. The monoisotopic (exact) mass is 428 g/mol. The fourth-order valence-corrected chi connectivity index (χ4v) is 3.26. The first-order chi connectivity index (χ1) is 14.2. The van der Waals surface area contributed by atoms with Crippen LogP contribution >= 0.6 is 0 Å². The van der Waals surface area contributed by atoms with Gasteiger partial charge in [0, 0.05) is 37.9 Å². The van der Waals surface area contributed by atoms with Gasteiger partial charge in [-0.2, -0.15) is 13.2 Å². The lowest BCUT2D eigenvalue weighted by Crippen LogP contribution is -2.44. The predicted octanol–water partition coefficient (Wildman–Crippen LogP) is 2.10. The van der Waals surface area contributed by atoms with Crippen LogP contribution in [0, 0.1) is 0 Å². The van der Waals surface area contributed by atoms with Crippen molar-refractivity contribution in [2.45, 2.75) is 12.6 Å². The number of amides is 1. The van der Waals surface area contributed by atoms with Gasteiger partial charge in [-0.05, 0) is 37.7 Å². The number of halogens is 3. The lowest BCUT2D eigenvalue weighted by atomic mass is 10.2. The van der Waals surface area contributed by atoms with Crippen LogP contribution in [0.3, 0.4) is 0 Å². The Morgan fingerprint density at radius 1 is 1.03 bits per heavy atom. The second-order valence-electron chi connectivity index (χ2n) is 7.09. The normalized spacial score (nSPS) is 17.7. The maximum absolute atomic E-state index is 12.5. The van der Waals surface area contributed by atoms with E-state index in [1.54, 1.807) is 0 Å². The first-order valence-corrected chi connectivity index (χ1v) is 9.46. The molecule has 0 saturated carbocycles. The van der Waals surface area contributed by atoms with Gasteiger partial charge in [0.15, 0.2) is 0 Å². The molecule has 0 spiro atoms. The Labute approximate surface area is 171 Å². The molecule has 0 bridgehead atoms. The molecule has 30 heavy (non-hydrogen) atoms. The maximum Gasteiger partial charge on any atom is 0.490 e. The van der Waals surface area contributed by atoms with Crippen molar-refractivity contribution in [3.63, 3.8) is 0 Å². The molecule has 2 aliphatic heterocycles. The fraction of sp³-hybridized carbons (Fsp3) is 0.474. The number of aliphatic carboxylic acids is 1. The number of hydrogen-bond donors (Lipinski definition) is 1. The summed E-state index contributed by atoms with van der Waals surface area (Å²) < 4.78 is 33.9. The van der Waals surface area contributed by atoms with Gasteiger partial charge in [-0.15, -0.1) is 0 Å². The zero-order chi connectivity index (χ0) is 21.9. The molecule has 2 aromatic rings. The number of rotatable bonds is 2. The molecule has 2 aromatic heterocycles. The van der Waals surface area contributed by atoms with E-state index >= 15 is 0 Å². The average molecular weight is 428 g/mol. The quantitative estimate of drug-likeness (QED) is 0.790. The predicted molar refractivity (Wildman–Crippen MR) is 102 cm³/mol. The summed E-state index contributed by atoms with van der Waals surface area (Å²) >= 11 is 0. The van der Waals surface area contributed by atoms with Crippen molar-refractivity contribution in [3.8, 4) is 0 Å². The van der Waals surface area contributed by atoms with Crippen molar-refractivity contribution in [3.05, 3.63) is 36.0 Å². The van der Waals surface area contributed by atoms with Gasteiger partial charge in [0.1, 0.15) is 5.82 Å². The number of carboxylic acids is 1. The summed E-state index contributed by atoms with van der Waals surface area (Å²) in [5, 5.41) is 8.60. The molecule has 0 aromatic carbocycles. The van der Waals surface area contributed by atoms with Crippen molar-refractivity contribution < 1.29 is 32.7 Å². The molecule has 11 heteroatoms. The van der Waals surface area contributed by atoms with E-state index in [1.807, 2.05) is 18.3 Å². The van der Waals surface area contributed by atoms with Crippen molar-refractivity contribution in [2.75, 3.05) is 51.3 Å². The number of carboxylic acid groups (broad SMARTS) is 1. The molecule has 2 fully saturated rings. The van der Waals surface area contributed by atoms with E-state index in [0.29, 0.717) is 18.7 Å². The average Bonchev–Trinajstić information content (AvgIpc) is 3.37. The second kappa shape index (κ2) is 8.92. The van der Waals surface area contributed by atoms with Gasteiger partial charge in [0.25, 0.3) is 5.91 Å². The second-order valence-corrected chi connectivity index (χ2v) is 7.09. The van der Waals surface area contributed by atoms with Gasteiger partial charge in [-0.3, -0.25) is 9.63 Å². The summed E-state index contributed by atoms with van der Waals surface area (Å²) in [6.45, 7) is 5.45. The van der Waals surface area contributed by atoms with Crippen LogP contribution in [-0.4, -0.2) is 83.9 Å². The Hall–Kier alpha value is -2.79. The van der Waals surface area contributed by atoms with Crippen LogP contribution in [0.5, 0.6) is 0 Å². The van der Waals surface area contributed by atoms with Crippen LogP contribution in [0.25, 0.3) is 5.52 Å². The first-order valence-electron chi connectivity index (χ1n) is 9.46. The summed E-state index contributed by atoms with van der Waals surface area (Å²) in [7, 11) is 2.15. The Kier molecular flexibility index (Phi) is 6.52. The number of likely N-dealkylation sites (N-methyl/N-ethyl adjacent to an activating group) is 1. The van der Waals surface area contributed by atoms with Crippen LogP contribution < -0.4 is 4.90 Å². The maximum atomic E-state index is 12.5. The first kappa shape index (κ1) is 21.9. The third-order valence-electron chi connectivity index (χ3n) is 4.93. The van der Waals surface area contributed by atoms with Gasteiger partial charge in [0.2, 0.25) is 0 Å². The summed E-state index contributed by atoms with van der Waals surface area (Å²) in [6.07, 6.45) is -2.24. The third-order valence-corrected chi connectivity index (χ3v) is 4.93. The zero-order valence-electron chi connectivity index (χ0n) is 16.4. The smallest absolute Gasteiger partial charge is 0.475 e. The zero-order valence-corrected chi connectivity index (χ0v) is 16.4. The standard InChI is InChI=1S/C17H22N4O2.C2HF3O2/c1-18-8-10-19(11-9-18)16-6-5-15-4-3-14(13-20(15)16)17(22)21-7-2-12-23-21;3-2(4,5)1(6)7/h3-6,13H,2,7-12H2,1H3;(H,6,7).